The van der Waals surface area contributed by atoms with Crippen LogP contribution in [0.1, 0.15) is 61.9 Å². The Hall–Kier alpha value is -4.99. The van der Waals surface area contributed by atoms with E-state index in [9.17, 15) is 14.7 Å². The molecular formula is C44H53N5O3S. The molecule has 0 fully saturated rings. The summed E-state index contributed by atoms with van der Waals surface area (Å²) in [7, 11) is 1.71. The van der Waals surface area contributed by atoms with Crippen LogP contribution in [0.15, 0.2) is 127 Å². The Kier molecular flexibility index (Phi) is 14.2. The van der Waals surface area contributed by atoms with Gasteiger partial charge in [-0.05, 0) is 60.6 Å². The summed E-state index contributed by atoms with van der Waals surface area (Å²) in [6.45, 7) is 8.39. The highest BCUT2D eigenvalue weighted by molar-refractivity contribution is 7.09. The molecule has 3 N–H and O–H groups in total. The van der Waals surface area contributed by atoms with Gasteiger partial charge in [0.15, 0.2) is 0 Å². The van der Waals surface area contributed by atoms with Crippen LogP contribution in [-0.2, 0) is 24.2 Å². The Morgan fingerprint density at radius 2 is 1.25 bits per heavy atom. The van der Waals surface area contributed by atoms with Gasteiger partial charge in [-0.1, -0.05) is 125 Å². The number of rotatable bonds is 17. The van der Waals surface area contributed by atoms with E-state index in [-0.39, 0.29) is 30.3 Å². The standard InChI is InChI=1S/C44H53N5O3S/c1-31(2)41(47-44(52)48(5)29-36-30-53-43(46-36)32(3)4)42(51)45-35(26-33-18-10-6-11-19-33)28-40(50)39(27-34-20-12-7-13-21-34)49(37-22-14-8-15-23-37)38-24-16-9-17-25-38/h6-25,30-32,35,39-41,50H,26-29H2,1-5H3,(H,45,51)(H,47,52)/t35-,39-,40-,41-/m0/s1. The number of urea groups is 1. The first-order valence-electron chi connectivity index (χ1n) is 18.5. The Bertz CT molecular complexity index is 1800. The number of aliphatic hydroxyl groups is 1. The lowest BCUT2D eigenvalue weighted by molar-refractivity contribution is -0.124. The van der Waals surface area contributed by atoms with Crippen molar-refractivity contribution in [2.24, 2.45) is 5.92 Å². The monoisotopic (exact) mass is 731 g/mol. The molecule has 0 aliphatic rings. The van der Waals surface area contributed by atoms with Crippen molar-refractivity contribution >= 4 is 34.6 Å². The molecule has 0 saturated carbocycles. The van der Waals surface area contributed by atoms with Gasteiger partial charge in [0.2, 0.25) is 5.91 Å². The summed E-state index contributed by atoms with van der Waals surface area (Å²) in [5.41, 5.74) is 4.89. The first-order valence-corrected chi connectivity index (χ1v) is 19.4. The molecular weight excluding hydrogens is 679 g/mol. The fraction of sp³-hybridized carbons (Fsp3) is 0.341. The van der Waals surface area contributed by atoms with Crippen LogP contribution in [0.2, 0.25) is 0 Å². The molecule has 1 heterocycles. The maximum Gasteiger partial charge on any atom is 0.318 e. The van der Waals surface area contributed by atoms with Gasteiger partial charge in [0.05, 0.1) is 29.4 Å². The molecule has 0 radical (unpaired) electrons. The van der Waals surface area contributed by atoms with E-state index in [1.165, 1.54) is 0 Å². The van der Waals surface area contributed by atoms with Gasteiger partial charge in [-0.15, -0.1) is 11.3 Å². The number of hydrogen-bond acceptors (Lipinski definition) is 6. The van der Waals surface area contributed by atoms with Gasteiger partial charge in [-0.25, -0.2) is 9.78 Å². The lowest BCUT2D eigenvalue weighted by atomic mass is 9.91. The average molecular weight is 732 g/mol. The molecule has 5 rings (SSSR count). The van der Waals surface area contributed by atoms with Crippen LogP contribution in [0.3, 0.4) is 0 Å². The average Bonchev–Trinajstić information content (AvgIpc) is 3.64. The van der Waals surface area contributed by atoms with Crippen LogP contribution in [0.5, 0.6) is 0 Å². The highest BCUT2D eigenvalue weighted by Gasteiger charge is 2.33. The van der Waals surface area contributed by atoms with Gasteiger partial charge >= 0.3 is 6.03 Å². The van der Waals surface area contributed by atoms with Gasteiger partial charge in [0.1, 0.15) is 6.04 Å². The van der Waals surface area contributed by atoms with E-state index < -0.39 is 18.2 Å². The second kappa shape index (κ2) is 19.2. The summed E-state index contributed by atoms with van der Waals surface area (Å²) in [5, 5.41) is 21.6. The van der Waals surface area contributed by atoms with Gasteiger partial charge < -0.3 is 25.5 Å². The lowest BCUT2D eigenvalue weighted by Crippen LogP contribution is -2.55. The van der Waals surface area contributed by atoms with E-state index in [2.05, 4.69) is 70.8 Å². The summed E-state index contributed by atoms with van der Waals surface area (Å²) in [6, 6.07) is 38.5. The summed E-state index contributed by atoms with van der Waals surface area (Å²) < 4.78 is 0. The number of aliphatic hydroxyl groups excluding tert-OH is 1. The molecule has 8 nitrogen and oxygen atoms in total. The first kappa shape index (κ1) is 39.2. The van der Waals surface area contributed by atoms with E-state index in [4.69, 9.17) is 0 Å². The summed E-state index contributed by atoms with van der Waals surface area (Å²) in [5.74, 6) is -0.148. The van der Waals surface area contributed by atoms with Crippen molar-refractivity contribution in [3.63, 3.8) is 0 Å². The topological polar surface area (TPSA) is 97.8 Å². The van der Waals surface area contributed by atoms with Crippen molar-refractivity contribution in [1.82, 2.24) is 20.5 Å². The molecule has 0 unspecified atom stereocenters. The zero-order chi connectivity index (χ0) is 37.7. The van der Waals surface area contributed by atoms with E-state index >= 15 is 0 Å². The fourth-order valence-electron chi connectivity index (χ4n) is 6.55. The third-order valence-corrected chi connectivity index (χ3v) is 10.6. The van der Waals surface area contributed by atoms with Gasteiger partial charge in [0.25, 0.3) is 0 Å². The van der Waals surface area contributed by atoms with E-state index in [0.29, 0.717) is 25.3 Å². The SMILES string of the molecule is CC(C)c1nc(CN(C)C(=O)N[C@H](C(=O)N[C@@H](Cc2ccccc2)C[C@H](O)[C@H](Cc2ccccc2)N(c2ccccc2)c2ccccc2)C(C)C)cs1. The van der Waals surface area contributed by atoms with Crippen molar-refractivity contribution < 1.29 is 14.7 Å². The van der Waals surface area contributed by atoms with Crippen LogP contribution in [0, 0.1) is 5.92 Å². The van der Waals surface area contributed by atoms with Crippen LogP contribution >= 0.6 is 11.3 Å². The molecule has 4 aromatic carbocycles. The van der Waals surface area contributed by atoms with E-state index in [1.54, 1.807) is 23.3 Å². The Labute approximate surface area is 318 Å². The second-order valence-corrected chi connectivity index (χ2v) is 15.2. The zero-order valence-electron chi connectivity index (χ0n) is 31.4. The number of amides is 3. The molecule has 5 aromatic rings. The van der Waals surface area contributed by atoms with Crippen LogP contribution in [0.25, 0.3) is 0 Å². The molecule has 4 atom stereocenters. The number of anilines is 2. The van der Waals surface area contributed by atoms with Crippen LogP contribution in [0.4, 0.5) is 16.2 Å². The number of hydrogen-bond donors (Lipinski definition) is 3. The predicted octanol–water partition coefficient (Wildman–Crippen LogP) is 8.36. The maximum absolute atomic E-state index is 14.2. The maximum atomic E-state index is 14.2. The molecule has 278 valence electrons. The van der Waals surface area contributed by atoms with Crippen LogP contribution < -0.4 is 15.5 Å². The minimum absolute atomic E-state index is 0.182. The third-order valence-electron chi connectivity index (χ3n) is 9.37. The third kappa shape index (κ3) is 11.2. The largest absolute Gasteiger partial charge is 0.391 e. The lowest BCUT2D eigenvalue weighted by Gasteiger charge is -2.38. The Morgan fingerprint density at radius 1 is 0.736 bits per heavy atom. The van der Waals surface area contributed by atoms with E-state index in [0.717, 1.165) is 33.2 Å². The summed E-state index contributed by atoms with van der Waals surface area (Å²) >= 11 is 1.59. The quantitative estimate of drug-likeness (QED) is 0.0894. The van der Waals surface area contributed by atoms with E-state index in [1.807, 2.05) is 104 Å². The summed E-state index contributed by atoms with van der Waals surface area (Å²) in [4.78, 5) is 36.0. The molecule has 0 saturated heterocycles. The van der Waals surface area contributed by atoms with Gasteiger partial charge in [-0.3, -0.25) is 4.79 Å². The molecule has 9 heteroatoms. The number of benzene rings is 4. The number of nitrogens with one attached hydrogen (secondary N) is 2. The number of nitrogens with zero attached hydrogens (tertiary/aromatic N) is 3. The minimum atomic E-state index is -0.850. The Morgan fingerprint density at radius 3 is 1.74 bits per heavy atom. The molecule has 3 amide bonds. The first-order chi connectivity index (χ1) is 25.6. The van der Waals surface area contributed by atoms with Crippen molar-refractivity contribution in [1.29, 1.82) is 0 Å². The number of thiazole rings is 1. The number of carbonyl (C=O) groups excluding carboxylic acids is 2. The summed E-state index contributed by atoms with van der Waals surface area (Å²) in [6.07, 6.45) is 0.525. The van der Waals surface area contributed by atoms with Crippen molar-refractivity contribution in [2.45, 2.75) is 83.6 Å². The highest BCUT2D eigenvalue weighted by atomic mass is 32.1. The predicted molar refractivity (Wildman–Crippen MR) is 216 cm³/mol. The van der Waals surface area contributed by atoms with Gasteiger partial charge in [0, 0.05) is 35.8 Å². The van der Waals surface area contributed by atoms with Crippen LogP contribution in [-0.4, -0.2) is 58.2 Å². The molecule has 0 bridgehead atoms. The molecule has 53 heavy (non-hydrogen) atoms. The normalized spacial score (nSPS) is 13.6. The molecule has 1 aromatic heterocycles. The van der Waals surface area contributed by atoms with Gasteiger partial charge in [-0.2, -0.15) is 0 Å². The highest BCUT2D eigenvalue weighted by Crippen LogP contribution is 2.32. The smallest absolute Gasteiger partial charge is 0.318 e. The van der Waals surface area contributed by atoms with Crippen molar-refractivity contribution in [3.05, 3.63) is 149 Å². The minimum Gasteiger partial charge on any atom is -0.391 e. The zero-order valence-corrected chi connectivity index (χ0v) is 32.2. The second-order valence-electron chi connectivity index (χ2n) is 14.4. The number of aromatic nitrogens is 1. The number of carbonyl (C=O) groups is 2. The Balaban J connectivity index is 1.40. The molecule has 0 aliphatic heterocycles. The number of para-hydroxylation sites is 2. The molecule has 0 spiro atoms. The molecule has 0 aliphatic carbocycles. The fourth-order valence-corrected chi connectivity index (χ4v) is 7.38. The van der Waals surface area contributed by atoms with Crippen molar-refractivity contribution in [2.75, 3.05) is 11.9 Å². The van der Waals surface area contributed by atoms with Crippen molar-refractivity contribution in [3.8, 4) is 0 Å².